The summed E-state index contributed by atoms with van der Waals surface area (Å²) in [6.07, 6.45) is 0.245. The summed E-state index contributed by atoms with van der Waals surface area (Å²) in [5.74, 6) is -4.90. The molecule has 0 spiro atoms. The van der Waals surface area contributed by atoms with Crippen LogP contribution in [0.25, 0.3) is 0 Å². The molecule has 1 aliphatic rings. The number of likely N-dealkylation sites (tertiary alicyclic amines) is 1. The van der Waals surface area contributed by atoms with E-state index in [9.17, 15) is 39.0 Å². The Morgan fingerprint density at radius 1 is 0.833 bits per heavy atom. The number of amides is 5. The Hall–Kier alpha value is -5.18. The van der Waals surface area contributed by atoms with Crippen molar-refractivity contribution in [1.82, 2.24) is 20.9 Å². The van der Waals surface area contributed by atoms with Gasteiger partial charge in [-0.05, 0) is 60.6 Å². The Morgan fingerprint density at radius 3 is 1.81 bits per heavy atom. The number of primary amides is 1. The first-order chi connectivity index (χ1) is 22.7. The lowest BCUT2D eigenvalue weighted by Gasteiger charge is -2.29. The van der Waals surface area contributed by atoms with E-state index >= 15 is 0 Å². The molecule has 5 atom stereocenters. The lowest BCUT2D eigenvalue weighted by molar-refractivity contribution is -0.141. The van der Waals surface area contributed by atoms with Gasteiger partial charge in [0.1, 0.15) is 35.7 Å². The second kappa shape index (κ2) is 17.1. The molecule has 2 aromatic carbocycles. The Kier molecular flexibility index (Phi) is 13.3. The van der Waals surface area contributed by atoms with Crippen LogP contribution in [-0.4, -0.2) is 92.5 Å². The number of rotatable bonds is 16. The number of carbonyl (C=O) groups is 6. The Labute approximate surface area is 278 Å². The van der Waals surface area contributed by atoms with Crippen molar-refractivity contribution < 1.29 is 44.1 Å². The van der Waals surface area contributed by atoms with Gasteiger partial charge in [-0.25, -0.2) is 0 Å². The van der Waals surface area contributed by atoms with E-state index in [4.69, 9.17) is 16.6 Å². The van der Waals surface area contributed by atoms with Crippen LogP contribution >= 0.6 is 0 Å². The molecule has 15 nitrogen and oxygen atoms in total. The van der Waals surface area contributed by atoms with Crippen LogP contribution in [0.1, 0.15) is 50.7 Å². The summed E-state index contributed by atoms with van der Waals surface area (Å²) < 4.78 is 0. The molecule has 0 aliphatic carbocycles. The topological polar surface area (TPSA) is 254 Å². The molecular formula is C33H44N6O9. The van der Waals surface area contributed by atoms with Crippen LogP contribution in [0.5, 0.6) is 11.5 Å². The maximum absolute atomic E-state index is 13.9. The highest BCUT2D eigenvalue weighted by atomic mass is 16.4. The number of carboxylic acids is 1. The number of carbonyl (C=O) groups excluding carboxylic acids is 5. The van der Waals surface area contributed by atoms with Crippen LogP contribution in [0.15, 0.2) is 48.5 Å². The molecular weight excluding hydrogens is 624 g/mol. The summed E-state index contributed by atoms with van der Waals surface area (Å²) in [6.45, 7) is 3.61. The van der Waals surface area contributed by atoms with Gasteiger partial charge in [0.15, 0.2) is 0 Å². The molecule has 15 heteroatoms. The predicted octanol–water partition coefficient (Wildman–Crippen LogP) is -0.338. The molecule has 5 amide bonds. The molecule has 1 saturated heterocycles. The van der Waals surface area contributed by atoms with E-state index in [1.165, 1.54) is 29.2 Å². The summed E-state index contributed by atoms with van der Waals surface area (Å²) in [6, 6.07) is 6.31. The molecule has 260 valence electrons. The van der Waals surface area contributed by atoms with Gasteiger partial charge in [-0.3, -0.25) is 28.8 Å². The first kappa shape index (κ1) is 37.3. The molecule has 0 bridgehead atoms. The van der Waals surface area contributed by atoms with Gasteiger partial charge in [0.2, 0.25) is 29.5 Å². The highest BCUT2D eigenvalue weighted by Gasteiger charge is 2.38. The fourth-order valence-corrected chi connectivity index (χ4v) is 5.43. The van der Waals surface area contributed by atoms with Crippen molar-refractivity contribution in [2.24, 2.45) is 17.4 Å². The lowest BCUT2D eigenvalue weighted by atomic mass is 10.00. The van der Waals surface area contributed by atoms with Crippen molar-refractivity contribution in [3.05, 3.63) is 59.7 Å². The van der Waals surface area contributed by atoms with Crippen LogP contribution in [0.4, 0.5) is 0 Å². The molecule has 48 heavy (non-hydrogen) atoms. The number of hydrogen-bond donors (Lipinski definition) is 8. The minimum absolute atomic E-state index is 0.00339. The van der Waals surface area contributed by atoms with Gasteiger partial charge in [0.05, 0.1) is 6.04 Å². The molecule has 1 fully saturated rings. The maximum atomic E-state index is 13.9. The monoisotopic (exact) mass is 668 g/mol. The van der Waals surface area contributed by atoms with Gasteiger partial charge in [-0.1, -0.05) is 38.1 Å². The van der Waals surface area contributed by atoms with E-state index in [2.05, 4.69) is 16.0 Å². The average Bonchev–Trinajstić information content (AvgIpc) is 3.53. The number of phenolic OH excluding ortho intramolecular Hbond substituents is 2. The number of benzene rings is 2. The van der Waals surface area contributed by atoms with E-state index in [0.717, 1.165) is 0 Å². The summed E-state index contributed by atoms with van der Waals surface area (Å²) >= 11 is 0. The fourth-order valence-electron chi connectivity index (χ4n) is 5.43. The third-order valence-electron chi connectivity index (χ3n) is 8.11. The Morgan fingerprint density at radius 2 is 1.33 bits per heavy atom. The highest BCUT2D eigenvalue weighted by Crippen LogP contribution is 2.20. The molecule has 10 N–H and O–H groups in total. The number of aliphatic carboxylic acids is 1. The van der Waals surface area contributed by atoms with Crippen molar-refractivity contribution >= 4 is 35.5 Å². The largest absolute Gasteiger partial charge is 0.508 e. The lowest BCUT2D eigenvalue weighted by Crippen LogP contribution is -2.59. The predicted molar refractivity (Wildman–Crippen MR) is 173 cm³/mol. The molecule has 0 saturated carbocycles. The number of carboxylic acid groups (broad SMARTS) is 1. The molecule has 0 radical (unpaired) electrons. The van der Waals surface area contributed by atoms with Crippen molar-refractivity contribution in [2.75, 3.05) is 6.54 Å². The van der Waals surface area contributed by atoms with E-state index in [1.54, 1.807) is 38.1 Å². The van der Waals surface area contributed by atoms with E-state index in [0.29, 0.717) is 17.5 Å². The number of hydrogen-bond acceptors (Lipinski definition) is 9. The highest BCUT2D eigenvalue weighted by molar-refractivity contribution is 5.96. The molecule has 1 aliphatic heterocycles. The zero-order valence-electron chi connectivity index (χ0n) is 26.9. The normalized spacial score (nSPS) is 16.8. The standard InChI is InChI=1S/C33H44N6O9/c1-18(2)28(29(35)44)38-31(46)25(17-20-7-11-22(41)12-8-20)36-30(45)24(16-19-5-9-21(40)10-6-19)37-32(47)26-4-3-15-39(26)33(48)23(34)13-14-27(42)43/h5-12,18,23-26,28,40-41H,3-4,13-17,34H2,1-2H3,(H2,35,44)(H,36,45)(H,37,47)(H,38,46)(H,42,43)/t23-,24-,25-,26-,28-/m0/s1. The van der Waals surface area contributed by atoms with Crippen LogP contribution < -0.4 is 27.4 Å². The molecule has 2 aromatic rings. The Bertz CT molecular complexity index is 1460. The number of nitrogens with zero attached hydrogens (tertiary/aromatic N) is 1. The van der Waals surface area contributed by atoms with E-state index in [-0.39, 0.29) is 56.1 Å². The number of nitrogens with two attached hydrogens (primary N) is 2. The fraction of sp³-hybridized carbons (Fsp3) is 0.455. The third kappa shape index (κ3) is 10.7. The average molecular weight is 669 g/mol. The van der Waals surface area contributed by atoms with Crippen LogP contribution in [-0.2, 0) is 41.6 Å². The van der Waals surface area contributed by atoms with Gasteiger partial charge in [-0.15, -0.1) is 0 Å². The van der Waals surface area contributed by atoms with Gasteiger partial charge < -0.3 is 47.6 Å². The molecule has 1 heterocycles. The summed E-state index contributed by atoms with van der Waals surface area (Å²) in [7, 11) is 0. The van der Waals surface area contributed by atoms with E-state index in [1.807, 2.05) is 0 Å². The Balaban J connectivity index is 1.87. The van der Waals surface area contributed by atoms with Crippen molar-refractivity contribution in [3.8, 4) is 11.5 Å². The van der Waals surface area contributed by atoms with Crippen LogP contribution in [0.2, 0.25) is 0 Å². The molecule has 0 aromatic heterocycles. The molecule has 0 unspecified atom stereocenters. The van der Waals surface area contributed by atoms with Gasteiger partial charge in [0.25, 0.3) is 0 Å². The minimum atomic E-state index is -1.26. The number of aromatic hydroxyl groups is 2. The van der Waals surface area contributed by atoms with Crippen molar-refractivity contribution in [1.29, 1.82) is 0 Å². The number of nitrogens with one attached hydrogen (secondary N) is 3. The zero-order valence-corrected chi connectivity index (χ0v) is 26.9. The summed E-state index contributed by atoms with van der Waals surface area (Å²) in [4.78, 5) is 78.4. The van der Waals surface area contributed by atoms with Crippen molar-refractivity contribution in [2.45, 2.75) is 82.6 Å². The van der Waals surface area contributed by atoms with Gasteiger partial charge >= 0.3 is 5.97 Å². The minimum Gasteiger partial charge on any atom is -0.508 e. The van der Waals surface area contributed by atoms with Gasteiger partial charge in [-0.2, -0.15) is 0 Å². The SMILES string of the molecule is CC(C)[C@H](NC(=O)[C@H](Cc1ccc(O)cc1)NC(=O)[C@H](Cc1ccc(O)cc1)NC(=O)[C@@H]1CCCN1C(=O)[C@@H](N)CCC(=O)O)C(N)=O. The van der Waals surface area contributed by atoms with Gasteiger partial charge in [0, 0.05) is 25.8 Å². The van der Waals surface area contributed by atoms with Crippen LogP contribution in [0, 0.1) is 5.92 Å². The van der Waals surface area contributed by atoms with Crippen molar-refractivity contribution in [3.63, 3.8) is 0 Å². The summed E-state index contributed by atoms with van der Waals surface area (Å²) in [5, 5.41) is 36.4. The van der Waals surface area contributed by atoms with E-state index < -0.39 is 65.7 Å². The third-order valence-corrected chi connectivity index (χ3v) is 8.11. The first-order valence-electron chi connectivity index (χ1n) is 15.7. The number of phenols is 2. The maximum Gasteiger partial charge on any atom is 0.303 e. The quantitative estimate of drug-likeness (QED) is 0.115. The summed E-state index contributed by atoms with van der Waals surface area (Å²) in [5.41, 5.74) is 12.6. The van der Waals surface area contributed by atoms with Crippen LogP contribution in [0.3, 0.4) is 0 Å². The second-order valence-corrected chi connectivity index (χ2v) is 12.2. The zero-order chi connectivity index (χ0) is 35.5. The molecule has 3 rings (SSSR count). The second-order valence-electron chi connectivity index (χ2n) is 12.2. The first-order valence-corrected chi connectivity index (χ1v) is 15.7. The smallest absolute Gasteiger partial charge is 0.303 e.